The highest BCUT2D eigenvalue weighted by molar-refractivity contribution is 6.21. The van der Waals surface area contributed by atoms with E-state index < -0.39 is 12.0 Å². The number of hydrogen-bond acceptors (Lipinski definition) is 9. The molecule has 0 aromatic carbocycles. The number of nitrogens with zero attached hydrogens (tertiary/aromatic N) is 5. The first-order valence-electron chi connectivity index (χ1n) is 16.3. The number of hydrazine groups is 1. The van der Waals surface area contributed by atoms with Gasteiger partial charge in [0, 0.05) is 68.7 Å². The normalized spacial score (nSPS) is 38.1. The van der Waals surface area contributed by atoms with Crippen LogP contribution < -0.4 is 20.5 Å². The zero-order valence-electron chi connectivity index (χ0n) is 24.6. The lowest BCUT2D eigenvalue weighted by Crippen LogP contribution is -2.45. The molecular weight excluding hydrogens is 576 g/mol. The van der Waals surface area contributed by atoms with E-state index in [1.54, 1.807) is 6.20 Å². The Labute approximate surface area is 256 Å². The predicted octanol–water partition coefficient (Wildman–Crippen LogP) is 3.95. The van der Waals surface area contributed by atoms with Crippen LogP contribution in [0.4, 0.5) is 14.6 Å². The maximum absolute atomic E-state index is 17.0. The highest BCUT2D eigenvalue weighted by atomic mass is 35.5. The summed E-state index contributed by atoms with van der Waals surface area (Å²) in [5.41, 5.74) is 7.03. The number of halogens is 3. The molecule has 5 unspecified atom stereocenters. The van der Waals surface area contributed by atoms with Gasteiger partial charge in [-0.1, -0.05) is 6.42 Å². The van der Waals surface area contributed by atoms with Gasteiger partial charge in [-0.25, -0.2) is 8.78 Å². The minimum Gasteiger partial charge on any atom is -0.461 e. The average Bonchev–Trinajstić information content (AvgIpc) is 3.78. The standard InChI is InChI=1S/C31H42ClF2N7O2/c32-23-10-24-21(13-36-39-24)25-20(23)4-1-2-9-42-16-18-5-8-40(14-18)29-22-12-35-28(25)26(34)27(22)37-30(38-29)43-17-31-6-3-7-41(31)15-19(33)11-31/h12,18-21,23-25,36,39H,1-11,13-17H2/t18-,19-,20?,21?,23?,24?,25?,31+/m1/s1. The molecule has 0 radical (unpaired) electrons. The van der Waals surface area contributed by atoms with Crippen LogP contribution in [0.5, 0.6) is 6.01 Å². The van der Waals surface area contributed by atoms with Crippen LogP contribution in [0.1, 0.15) is 63.0 Å². The number of aromatic nitrogens is 3. The van der Waals surface area contributed by atoms with Crippen LogP contribution >= 0.6 is 11.6 Å². The number of nitrogens with one attached hydrogen (secondary N) is 2. The fraction of sp³-hybridized carbons (Fsp3) is 0.774. The van der Waals surface area contributed by atoms with E-state index in [1.807, 2.05) is 0 Å². The third-order valence-corrected chi connectivity index (χ3v) is 11.7. The topological polar surface area (TPSA) is 87.7 Å². The van der Waals surface area contributed by atoms with Gasteiger partial charge >= 0.3 is 6.01 Å². The summed E-state index contributed by atoms with van der Waals surface area (Å²) in [6.07, 6.45) is 7.95. The van der Waals surface area contributed by atoms with Gasteiger partial charge in [0.05, 0.1) is 23.2 Å². The second-order valence-corrected chi connectivity index (χ2v) is 14.4. The zero-order chi connectivity index (χ0) is 29.1. The molecule has 43 heavy (non-hydrogen) atoms. The van der Waals surface area contributed by atoms with Crippen molar-refractivity contribution in [1.29, 1.82) is 0 Å². The molecule has 2 N–H and O–H groups in total. The van der Waals surface area contributed by atoms with E-state index in [2.05, 4.69) is 20.7 Å². The van der Waals surface area contributed by atoms with Crippen molar-refractivity contribution >= 4 is 28.3 Å². The Balaban J connectivity index is 1.21. The summed E-state index contributed by atoms with van der Waals surface area (Å²) in [5, 5.41) is 0.512. The van der Waals surface area contributed by atoms with Crippen molar-refractivity contribution in [2.75, 3.05) is 57.4 Å². The molecule has 4 saturated heterocycles. The van der Waals surface area contributed by atoms with Gasteiger partial charge in [0.1, 0.15) is 24.1 Å². The molecule has 234 valence electrons. The quantitative estimate of drug-likeness (QED) is 0.497. The van der Waals surface area contributed by atoms with Crippen molar-refractivity contribution in [3.63, 3.8) is 0 Å². The van der Waals surface area contributed by atoms with Crippen LogP contribution in [0.2, 0.25) is 0 Å². The summed E-state index contributed by atoms with van der Waals surface area (Å²) >= 11 is 7.06. The largest absolute Gasteiger partial charge is 0.461 e. The first-order chi connectivity index (χ1) is 21.0. The van der Waals surface area contributed by atoms with E-state index in [0.717, 1.165) is 77.7 Å². The Morgan fingerprint density at radius 2 is 2.07 bits per heavy atom. The van der Waals surface area contributed by atoms with Crippen LogP contribution in [0.15, 0.2) is 6.20 Å². The lowest BCUT2D eigenvalue weighted by molar-refractivity contribution is 0.0993. The number of rotatable bonds is 3. The fourth-order valence-electron chi connectivity index (χ4n) is 9.11. The smallest absolute Gasteiger partial charge is 0.319 e. The molecule has 2 aromatic rings. The van der Waals surface area contributed by atoms with Gasteiger partial charge < -0.3 is 14.4 Å². The second-order valence-electron chi connectivity index (χ2n) is 13.8. The maximum Gasteiger partial charge on any atom is 0.319 e. The lowest BCUT2D eigenvalue weighted by atomic mass is 9.66. The second kappa shape index (κ2) is 11.5. The summed E-state index contributed by atoms with van der Waals surface area (Å²) in [4.78, 5) is 18.8. The number of ether oxygens (including phenoxy) is 2. The van der Waals surface area contributed by atoms with Gasteiger partial charge in [-0.2, -0.15) is 9.97 Å². The van der Waals surface area contributed by atoms with Gasteiger partial charge in [-0.15, -0.1) is 11.6 Å². The molecule has 7 aliphatic rings. The van der Waals surface area contributed by atoms with E-state index in [1.165, 1.54) is 0 Å². The van der Waals surface area contributed by atoms with Crippen LogP contribution in [0, 0.1) is 23.6 Å². The Bertz CT molecular complexity index is 1360. The van der Waals surface area contributed by atoms with E-state index in [-0.39, 0.29) is 46.2 Å². The Hall–Kier alpha value is -1.92. The molecule has 6 aliphatic heterocycles. The zero-order valence-corrected chi connectivity index (χ0v) is 25.4. The lowest BCUT2D eigenvalue weighted by Gasteiger charge is -2.42. The van der Waals surface area contributed by atoms with Crippen molar-refractivity contribution in [3.8, 4) is 6.01 Å². The number of alkyl halides is 2. The molecule has 0 amide bonds. The Kier molecular flexibility index (Phi) is 7.61. The van der Waals surface area contributed by atoms with E-state index >= 15 is 4.39 Å². The maximum atomic E-state index is 17.0. The van der Waals surface area contributed by atoms with Crippen molar-refractivity contribution in [2.45, 2.75) is 80.4 Å². The van der Waals surface area contributed by atoms with Crippen molar-refractivity contribution in [1.82, 2.24) is 30.7 Å². The molecule has 2 aromatic heterocycles. The summed E-state index contributed by atoms with van der Waals surface area (Å²) in [6.45, 7) is 5.37. The minimum atomic E-state index is -0.851. The fourth-order valence-corrected chi connectivity index (χ4v) is 9.59. The first kappa shape index (κ1) is 28.5. The highest BCUT2D eigenvalue weighted by Crippen LogP contribution is 2.48. The molecule has 6 bridgehead atoms. The monoisotopic (exact) mass is 617 g/mol. The molecule has 12 heteroatoms. The van der Waals surface area contributed by atoms with Crippen LogP contribution in [0.25, 0.3) is 10.9 Å². The molecule has 1 aliphatic carbocycles. The SMILES string of the molecule is Fc1c2ncc3c(nc(OC[C@@]45CCCN4C[C@H](F)C5)nc13)N1CC[C@@H](COCCCCC3C(Cl)CC4NNCC4C23)C1. The Morgan fingerprint density at radius 3 is 3.00 bits per heavy atom. The van der Waals surface area contributed by atoms with Gasteiger partial charge in [0.25, 0.3) is 0 Å². The predicted molar refractivity (Wildman–Crippen MR) is 160 cm³/mol. The summed E-state index contributed by atoms with van der Waals surface area (Å²) in [7, 11) is 0. The number of pyridine rings is 1. The molecular formula is C31H42ClF2N7O2. The third kappa shape index (κ3) is 5.07. The van der Waals surface area contributed by atoms with Crippen LogP contribution in [-0.4, -0.2) is 95.5 Å². The molecule has 8 heterocycles. The molecule has 0 spiro atoms. The Morgan fingerprint density at radius 1 is 1.14 bits per heavy atom. The van der Waals surface area contributed by atoms with Gasteiger partial charge in [-0.05, 0) is 56.9 Å². The summed E-state index contributed by atoms with van der Waals surface area (Å²) < 4.78 is 43.9. The van der Waals surface area contributed by atoms with E-state index in [4.69, 9.17) is 36.0 Å². The van der Waals surface area contributed by atoms with Gasteiger partial charge in [-0.3, -0.25) is 20.7 Å². The molecule has 1 saturated carbocycles. The van der Waals surface area contributed by atoms with Crippen molar-refractivity contribution < 1.29 is 18.3 Å². The first-order valence-corrected chi connectivity index (χ1v) is 16.8. The van der Waals surface area contributed by atoms with E-state index in [0.29, 0.717) is 49.0 Å². The molecule has 5 fully saturated rings. The molecule has 9 rings (SSSR count). The van der Waals surface area contributed by atoms with Crippen LogP contribution in [-0.2, 0) is 4.74 Å². The number of fused-ring (bicyclic) bond motifs is 8. The number of hydrogen-bond donors (Lipinski definition) is 2. The highest BCUT2D eigenvalue weighted by Gasteiger charge is 2.50. The van der Waals surface area contributed by atoms with Gasteiger partial charge in [0.2, 0.25) is 0 Å². The van der Waals surface area contributed by atoms with Crippen molar-refractivity contribution in [3.05, 3.63) is 17.7 Å². The van der Waals surface area contributed by atoms with Gasteiger partial charge in [0.15, 0.2) is 5.82 Å². The molecule has 9 nitrogen and oxygen atoms in total. The summed E-state index contributed by atoms with van der Waals surface area (Å²) in [6, 6.07) is 0.315. The van der Waals surface area contributed by atoms with Crippen LogP contribution in [0.3, 0.4) is 0 Å². The minimum absolute atomic E-state index is 0.0866. The number of anilines is 1. The third-order valence-electron chi connectivity index (χ3n) is 11.2. The molecule has 8 atom stereocenters. The average molecular weight is 618 g/mol. The van der Waals surface area contributed by atoms with Crippen molar-refractivity contribution in [2.24, 2.45) is 17.8 Å². The summed E-state index contributed by atoms with van der Waals surface area (Å²) in [5.74, 6) is 0.757. The van der Waals surface area contributed by atoms with E-state index in [9.17, 15) is 4.39 Å².